The second kappa shape index (κ2) is 6.48. The summed E-state index contributed by atoms with van der Waals surface area (Å²) < 4.78 is 10.2. The standard InChI is InChI=1S/C15H18N2O4S/c1-20-12-3-2-4-13(7-12)22-10-14(18)16-5-6-17-11(8-16)9-21-15(17)19/h2-4,7,11H,5-6,8-10H2,1H3. The van der Waals surface area contributed by atoms with Crippen LogP contribution in [0.25, 0.3) is 0 Å². The molecule has 118 valence electrons. The van der Waals surface area contributed by atoms with Crippen molar-refractivity contribution >= 4 is 23.8 Å². The quantitative estimate of drug-likeness (QED) is 0.785. The van der Waals surface area contributed by atoms with Gasteiger partial charge in [-0.15, -0.1) is 11.8 Å². The molecule has 7 heteroatoms. The third-order valence-corrected chi connectivity index (χ3v) is 4.85. The van der Waals surface area contributed by atoms with Gasteiger partial charge in [-0.3, -0.25) is 9.69 Å². The largest absolute Gasteiger partial charge is 0.497 e. The smallest absolute Gasteiger partial charge is 0.410 e. The molecule has 0 N–H and O–H groups in total. The Morgan fingerprint density at radius 3 is 3.14 bits per heavy atom. The molecule has 1 aromatic carbocycles. The lowest BCUT2D eigenvalue weighted by atomic mass is 10.2. The Labute approximate surface area is 133 Å². The van der Waals surface area contributed by atoms with E-state index < -0.39 is 0 Å². The van der Waals surface area contributed by atoms with Crippen molar-refractivity contribution in [3.05, 3.63) is 24.3 Å². The van der Waals surface area contributed by atoms with Crippen LogP contribution in [0, 0.1) is 0 Å². The minimum absolute atomic E-state index is 0.00650. The van der Waals surface area contributed by atoms with Crippen LogP contribution in [0.15, 0.2) is 29.2 Å². The first-order valence-electron chi connectivity index (χ1n) is 7.15. The van der Waals surface area contributed by atoms with E-state index in [-0.39, 0.29) is 18.0 Å². The monoisotopic (exact) mass is 322 g/mol. The number of carbonyl (C=O) groups excluding carboxylic acids is 2. The average molecular weight is 322 g/mol. The first-order chi connectivity index (χ1) is 10.7. The van der Waals surface area contributed by atoms with E-state index in [4.69, 9.17) is 9.47 Å². The zero-order chi connectivity index (χ0) is 15.5. The van der Waals surface area contributed by atoms with E-state index in [0.29, 0.717) is 32.0 Å². The third-order valence-electron chi connectivity index (χ3n) is 3.87. The van der Waals surface area contributed by atoms with Crippen LogP contribution in [0.5, 0.6) is 5.75 Å². The average Bonchev–Trinajstić information content (AvgIpc) is 2.93. The molecule has 2 aliphatic heterocycles. The van der Waals surface area contributed by atoms with Crippen molar-refractivity contribution in [2.75, 3.05) is 39.1 Å². The fraction of sp³-hybridized carbons (Fsp3) is 0.467. The number of ether oxygens (including phenoxy) is 2. The second-order valence-corrected chi connectivity index (χ2v) is 6.28. The number of fused-ring (bicyclic) bond motifs is 1. The zero-order valence-electron chi connectivity index (χ0n) is 12.4. The van der Waals surface area contributed by atoms with Gasteiger partial charge >= 0.3 is 6.09 Å². The lowest BCUT2D eigenvalue weighted by Crippen LogP contribution is -2.54. The van der Waals surface area contributed by atoms with Crippen LogP contribution in [0.3, 0.4) is 0 Å². The van der Waals surface area contributed by atoms with Crippen molar-refractivity contribution in [2.24, 2.45) is 0 Å². The number of benzene rings is 1. The summed E-state index contributed by atoms with van der Waals surface area (Å²) >= 11 is 1.49. The number of amides is 2. The molecular formula is C15H18N2O4S. The maximum Gasteiger partial charge on any atom is 0.410 e. The van der Waals surface area contributed by atoms with Gasteiger partial charge in [0.15, 0.2) is 0 Å². The number of carbonyl (C=O) groups is 2. The summed E-state index contributed by atoms with van der Waals surface area (Å²) in [4.78, 5) is 28.3. The van der Waals surface area contributed by atoms with Crippen molar-refractivity contribution in [3.63, 3.8) is 0 Å². The third kappa shape index (κ3) is 3.14. The fourth-order valence-corrected chi connectivity index (χ4v) is 3.49. The fourth-order valence-electron chi connectivity index (χ4n) is 2.64. The Morgan fingerprint density at radius 2 is 2.32 bits per heavy atom. The Bertz CT molecular complexity index is 580. The van der Waals surface area contributed by atoms with Crippen molar-refractivity contribution < 1.29 is 19.1 Å². The molecule has 2 fully saturated rings. The molecule has 22 heavy (non-hydrogen) atoms. The van der Waals surface area contributed by atoms with Crippen molar-refractivity contribution in [1.29, 1.82) is 0 Å². The lowest BCUT2D eigenvalue weighted by molar-refractivity contribution is -0.130. The Morgan fingerprint density at radius 1 is 1.45 bits per heavy atom. The maximum atomic E-state index is 12.3. The molecule has 2 aliphatic rings. The van der Waals surface area contributed by atoms with E-state index in [0.717, 1.165) is 10.6 Å². The van der Waals surface area contributed by atoms with E-state index in [9.17, 15) is 9.59 Å². The van der Waals surface area contributed by atoms with E-state index in [1.165, 1.54) is 11.8 Å². The molecule has 2 amide bonds. The molecule has 0 aromatic heterocycles. The van der Waals surface area contributed by atoms with Gasteiger partial charge in [0.25, 0.3) is 0 Å². The predicted octanol–water partition coefficient (Wildman–Crippen LogP) is 1.45. The molecule has 0 aliphatic carbocycles. The predicted molar refractivity (Wildman–Crippen MR) is 82.1 cm³/mol. The summed E-state index contributed by atoms with van der Waals surface area (Å²) in [5.41, 5.74) is 0. The first kappa shape index (κ1) is 15.0. The Hall–Kier alpha value is -1.89. The Kier molecular flexibility index (Phi) is 4.42. The SMILES string of the molecule is COc1cccc(SCC(=O)N2CCN3C(=O)OCC3C2)c1. The molecule has 1 atom stereocenters. The number of cyclic esters (lactones) is 1. The highest BCUT2D eigenvalue weighted by atomic mass is 32.2. The number of nitrogens with zero attached hydrogens (tertiary/aromatic N) is 2. The number of hydrogen-bond donors (Lipinski definition) is 0. The molecule has 0 spiro atoms. The summed E-state index contributed by atoms with van der Waals surface area (Å²) in [7, 11) is 1.62. The number of thioether (sulfide) groups is 1. The number of methoxy groups -OCH3 is 1. The van der Waals surface area contributed by atoms with Crippen molar-refractivity contribution in [3.8, 4) is 5.75 Å². The summed E-state index contributed by atoms with van der Waals surface area (Å²) in [6, 6.07) is 7.67. The van der Waals surface area contributed by atoms with Gasteiger partial charge in [0.05, 0.1) is 18.9 Å². The van der Waals surface area contributed by atoms with Gasteiger partial charge in [0.1, 0.15) is 12.4 Å². The molecule has 0 radical (unpaired) electrons. The second-order valence-electron chi connectivity index (χ2n) is 5.23. The topological polar surface area (TPSA) is 59.1 Å². The molecular weight excluding hydrogens is 304 g/mol. The van der Waals surface area contributed by atoms with Crippen LogP contribution < -0.4 is 4.74 Å². The molecule has 6 nitrogen and oxygen atoms in total. The minimum atomic E-state index is -0.261. The van der Waals surface area contributed by atoms with Gasteiger partial charge in [0.2, 0.25) is 5.91 Å². The molecule has 0 saturated carbocycles. The van der Waals surface area contributed by atoms with E-state index in [2.05, 4.69) is 0 Å². The maximum absolute atomic E-state index is 12.3. The highest BCUT2D eigenvalue weighted by Crippen LogP contribution is 2.24. The van der Waals surface area contributed by atoms with E-state index in [1.807, 2.05) is 29.2 Å². The van der Waals surface area contributed by atoms with Crippen LogP contribution in [0.4, 0.5) is 4.79 Å². The van der Waals surface area contributed by atoms with E-state index >= 15 is 0 Å². The summed E-state index contributed by atoms with van der Waals surface area (Å²) in [5, 5.41) is 0. The number of rotatable bonds is 4. The molecule has 1 unspecified atom stereocenters. The number of hydrogen-bond acceptors (Lipinski definition) is 5. The highest BCUT2D eigenvalue weighted by Gasteiger charge is 2.38. The zero-order valence-corrected chi connectivity index (χ0v) is 13.2. The van der Waals surface area contributed by atoms with Gasteiger partial charge in [0, 0.05) is 24.5 Å². The van der Waals surface area contributed by atoms with Crippen LogP contribution >= 0.6 is 11.8 Å². The van der Waals surface area contributed by atoms with Gasteiger partial charge in [-0.05, 0) is 18.2 Å². The summed E-state index contributed by atoms with van der Waals surface area (Å²) in [6.07, 6.45) is -0.261. The summed E-state index contributed by atoms with van der Waals surface area (Å²) in [6.45, 7) is 2.07. The van der Waals surface area contributed by atoms with Crippen LogP contribution in [0.1, 0.15) is 0 Å². The van der Waals surface area contributed by atoms with Gasteiger partial charge in [-0.25, -0.2) is 4.79 Å². The lowest BCUT2D eigenvalue weighted by Gasteiger charge is -2.35. The minimum Gasteiger partial charge on any atom is -0.497 e. The normalized spacial score (nSPS) is 20.6. The Balaban J connectivity index is 1.53. The molecule has 0 bridgehead atoms. The molecule has 2 heterocycles. The van der Waals surface area contributed by atoms with Gasteiger partial charge in [-0.1, -0.05) is 6.07 Å². The molecule has 2 saturated heterocycles. The molecule has 3 rings (SSSR count). The van der Waals surface area contributed by atoms with Crippen LogP contribution in [0.2, 0.25) is 0 Å². The van der Waals surface area contributed by atoms with Crippen LogP contribution in [-0.2, 0) is 9.53 Å². The first-order valence-corrected chi connectivity index (χ1v) is 8.14. The van der Waals surface area contributed by atoms with Crippen molar-refractivity contribution in [2.45, 2.75) is 10.9 Å². The highest BCUT2D eigenvalue weighted by molar-refractivity contribution is 8.00. The van der Waals surface area contributed by atoms with E-state index in [1.54, 1.807) is 12.0 Å². The van der Waals surface area contributed by atoms with Crippen molar-refractivity contribution in [1.82, 2.24) is 9.80 Å². The summed E-state index contributed by atoms with van der Waals surface area (Å²) in [5.74, 6) is 1.26. The number of piperazine rings is 1. The molecule has 1 aromatic rings. The van der Waals surface area contributed by atoms with Gasteiger partial charge in [-0.2, -0.15) is 0 Å². The van der Waals surface area contributed by atoms with Crippen LogP contribution in [-0.4, -0.2) is 66.9 Å². The van der Waals surface area contributed by atoms with Gasteiger partial charge < -0.3 is 14.4 Å².